The number of nitrogens with zero attached hydrogens (tertiary/aromatic N) is 1. The summed E-state index contributed by atoms with van der Waals surface area (Å²) in [4.78, 5) is 26.4. The molecule has 1 saturated carbocycles. The zero-order valence-electron chi connectivity index (χ0n) is 13.9. The van der Waals surface area contributed by atoms with E-state index in [1.54, 1.807) is 25.3 Å². The highest BCUT2D eigenvalue weighted by molar-refractivity contribution is 7.93. The maximum Gasteiger partial charge on any atom is 0.326 e. The number of carbonyl (C=O) groups excluding carboxylic acids is 1. The van der Waals surface area contributed by atoms with Crippen LogP contribution in [0.5, 0.6) is 0 Å². The number of methoxy groups -OCH3 is 1. The first-order valence-corrected chi connectivity index (χ1v) is 9.67. The summed E-state index contributed by atoms with van der Waals surface area (Å²) in [5, 5.41) is 9.88. The predicted octanol–water partition coefficient (Wildman–Crippen LogP) is 0.941. The maximum atomic E-state index is 13.2. The Balaban J connectivity index is 1.99. The van der Waals surface area contributed by atoms with Crippen LogP contribution in [-0.4, -0.2) is 61.4 Å². The van der Waals surface area contributed by atoms with Gasteiger partial charge >= 0.3 is 5.97 Å². The van der Waals surface area contributed by atoms with Crippen LogP contribution in [0.15, 0.2) is 35.2 Å². The van der Waals surface area contributed by atoms with E-state index in [-0.39, 0.29) is 23.8 Å². The Hall–Kier alpha value is -1.93. The fourth-order valence-corrected chi connectivity index (χ4v) is 5.96. The summed E-state index contributed by atoms with van der Waals surface area (Å²) in [6.07, 6.45) is 0.509. The number of aliphatic carboxylic acids is 1. The number of ether oxygens (including phenoxy) is 1. The molecule has 1 N–H and O–H groups in total. The van der Waals surface area contributed by atoms with E-state index in [2.05, 4.69) is 0 Å². The Morgan fingerprint density at radius 2 is 1.88 bits per heavy atom. The van der Waals surface area contributed by atoms with Crippen molar-refractivity contribution < 1.29 is 27.9 Å². The molecule has 0 radical (unpaired) electrons. The standard InChI is InChI=1S/C17H21NO6S/c1-24-12-10-18(11-12)15(19)14-8-5-9-17(14,16(20)21)25(22,23)13-6-3-2-4-7-13/h2-4,6-7,12,14H,5,8-11H2,1H3,(H,20,21)/t14-,17-/m1/s1. The molecule has 1 saturated heterocycles. The number of hydrogen-bond acceptors (Lipinski definition) is 5. The monoisotopic (exact) mass is 367 g/mol. The molecular weight excluding hydrogens is 346 g/mol. The van der Waals surface area contributed by atoms with Crippen molar-refractivity contribution in [1.29, 1.82) is 0 Å². The van der Waals surface area contributed by atoms with Gasteiger partial charge in [-0.3, -0.25) is 9.59 Å². The first kappa shape index (κ1) is 17.9. The van der Waals surface area contributed by atoms with Crippen LogP contribution in [0.3, 0.4) is 0 Å². The molecule has 1 heterocycles. The number of likely N-dealkylation sites (tertiary alicyclic amines) is 1. The molecule has 0 aromatic heterocycles. The van der Waals surface area contributed by atoms with E-state index in [1.807, 2.05) is 0 Å². The van der Waals surface area contributed by atoms with Crippen molar-refractivity contribution >= 4 is 21.7 Å². The van der Waals surface area contributed by atoms with E-state index in [4.69, 9.17) is 4.74 Å². The first-order valence-electron chi connectivity index (χ1n) is 8.19. The average Bonchev–Trinajstić information content (AvgIpc) is 3.01. The zero-order chi connectivity index (χ0) is 18.2. The largest absolute Gasteiger partial charge is 0.480 e. The fraction of sp³-hybridized carbons (Fsp3) is 0.529. The quantitative estimate of drug-likeness (QED) is 0.831. The minimum atomic E-state index is -4.21. The lowest BCUT2D eigenvalue weighted by atomic mass is 9.92. The smallest absolute Gasteiger partial charge is 0.326 e. The highest BCUT2D eigenvalue weighted by Gasteiger charge is 2.63. The highest BCUT2D eigenvalue weighted by atomic mass is 32.2. The number of amides is 1. The number of carboxylic acid groups (broad SMARTS) is 1. The summed E-state index contributed by atoms with van der Waals surface area (Å²) in [6, 6.07) is 7.52. The Morgan fingerprint density at radius 1 is 1.24 bits per heavy atom. The molecular formula is C17H21NO6S. The van der Waals surface area contributed by atoms with Crippen molar-refractivity contribution in [2.75, 3.05) is 20.2 Å². The number of sulfone groups is 1. The van der Waals surface area contributed by atoms with Gasteiger partial charge in [-0.2, -0.15) is 0 Å². The molecule has 25 heavy (non-hydrogen) atoms. The maximum absolute atomic E-state index is 13.2. The first-order chi connectivity index (χ1) is 11.8. The van der Waals surface area contributed by atoms with Gasteiger partial charge in [0.25, 0.3) is 0 Å². The SMILES string of the molecule is COC1CN(C(=O)[C@H]2CCC[C@@]2(C(=O)O)S(=O)(=O)c2ccccc2)C1. The van der Waals surface area contributed by atoms with Crippen LogP contribution in [0.2, 0.25) is 0 Å². The van der Waals surface area contributed by atoms with Gasteiger partial charge in [-0.05, 0) is 25.0 Å². The number of benzene rings is 1. The molecule has 1 aliphatic heterocycles. The number of carbonyl (C=O) groups is 2. The molecule has 2 atom stereocenters. The molecule has 8 heteroatoms. The second kappa shape index (κ2) is 6.42. The van der Waals surface area contributed by atoms with Crippen LogP contribution in [0, 0.1) is 5.92 Å². The van der Waals surface area contributed by atoms with Gasteiger partial charge in [-0.15, -0.1) is 0 Å². The molecule has 1 aromatic carbocycles. The summed E-state index contributed by atoms with van der Waals surface area (Å²) >= 11 is 0. The Morgan fingerprint density at radius 3 is 2.44 bits per heavy atom. The van der Waals surface area contributed by atoms with E-state index in [9.17, 15) is 23.1 Å². The predicted molar refractivity (Wildman–Crippen MR) is 88.7 cm³/mol. The van der Waals surface area contributed by atoms with Gasteiger partial charge in [-0.25, -0.2) is 8.42 Å². The van der Waals surface area contributed by atoms with Crippen molar-refractivity contribution in [3.05, 3.63) is 30.3 Å². The highest BCUT2D eigenvalue weighted by Crippen LogP contribution is 2.46. The Kier molecular flexibility index (Phi) is 4.59. The van der Waals surface area contributed by atoms with Gasteiger partial charge < -0.3 is 14.7 Å². The minimum Gasteiger partial charge on any atom is -0.480 e. The third-order valence-corrected chi connectivity index (χ3v) is 7.81. The van der Waals surface area contributed by atoms with Gasteiger partial charge in [0.2, 0.25) is 5.91 Å². The number of rotatable bonds is 5. The third kappa shape index (κ3) is 2.64. The van der Waals surface area contributed by atoms with Crippen molar-refractivity contribution in [2.24, 2.45) is 5.92 Å². The molecule has 1 aromatic rings. The fourth-order valence-electron chi connectivity index (χ4n) is 3.79. The molecule has 0 spiro atoms. The lowest BCUT2D eigenvalue weighted by Gasteiger charge is -2.41. The summed E-state index contributed by atoms with van der Waals surface area (Å²) in [5.74, 6) is -2.93. The van der Waals surface area contributed by atoms with E-state index in [0.717, 1.165) is 0 Å². The number of carboxylic acids is 1. The molecule has 136 valence electrons. The Bertz CT molecular complexity index is 772. The van der Waals surface area contributed by atoms with E-state index in [1.165, 1.54) is 17.0 Å². The number of hydrogen-bond donors (Lipinski definition) is 1. The molecule has 7 nitrogen and oxygen atoms in total. The van der Waals surface area contributed by atoms with Crippen molar-refractivity contribution in [2.45, 2.75) is 35.0 Å². The van der Waals surface area contributed by atoms with Crippen LogP contribution in [-0.2, 0) is 24.2 Å². The van der Waals surface area contributed by atoms with Gasteiger partial charge in [-0.1, -0.05) is 24.6 Å². The minimum absolute atomic E-state index is 0.0580. The van der Waals surface area contributed by atoms with Gasteiger partial charge in [0.05, 0.1) is 16.9 Å². The summed E-state index contributed by atoms with van der Waals surface area (Å²) in [7, 11) is -2.66. The van der Waals surface area contributed by atoms with Crippen molar-refractivity contribution in [3.8, 4) is 0 Å². The second-order valence-electron chi connectivity index (χ2n) is 6.56. The van der Waals surface area contributed by atoms with Crippen LogP contribution in [0.25, 0.3) is 0 Å². The summed E-state index contributed by atoms with van der Waals surface area (Å²) < 4.78 is 29.4. The van der Waals surface area contributed by atoms with E-state index < -0.39 is 32.4 Å². The molecule has 2 aliphatic rings. The van der Waals surface area contributed by atoms with Crippen LogP contribution in [0.1, 0.15) is 19.3 Å². The van der Waals surface area contributed by atoms with E-state index >= 15 is 0 Å². The molecule has 2 fully saturated rings. The van der Waals surface area contributed by atoms with Crippen LogP contribution >= 0.6 is 0 Å². The Labute approximate surface area is 146 Å². The topological polar surface area (TPSA) is 101 Å². The molecule has 1 aliphatic carbocycles. The second-order valence-corrected chi connectivity index (χ2v) is 8.76. The molecule has 1 amide bonds. The van der Waals surface area contributed by atoms with Gasteiger partial charge in [0.1, 0.15) is 0 Å². The normalized spacial score (nSPS) is 27.1. The average molecular weight is 367 g/mol. The third-order valence-electron chi connectivity index (χ3n) is 5.29. The van der Waals surface area contributed by atoms with Crippen LogP contribution in [0.4, 0.5) is 0 Å². The molecule has 0 bridgehead atoms. The summed E-state index contributed by atoms with van der Waals surface area (Å²) in [6.45, 7) is 0.736. The van der Waals surface area contributed by atoms with Crippen molar-refractivity contribution in [3.63, 3.8) is 0 Å². The molecule has 3 rings (SSSR count). The lowest BCUT2D eigenvalue weighted by Crippen LogP contribution is -2.61. The van der Waals surface area contributed by atoms with E-state index in [0.29, 0.717) is 19.5 Å². The van der Waals surface area contributed by atoms with Gasteiger partial charge in [0, 0.05) is 20.2 Å². The molecule has 0 unspecified atom stereocenters. The van der Waals surface area contributed by atoms with Gasteiger partial charge in [0.15, 0.2) is 14.6 Å². The lowest BCUT2D eigenvalue weighted by molar-refractivity contribution is -0.153. The van der Waals surface area contributed by atoms with Crippen LogP contribution < -0.4 is 0 Å². The zero-order valence-corrected chi connectivity index (χ0v) is 14.7. The summed E-state index contributed by atoms with van der Waals surface area (Å²) in [5.41, 5.74) is 0. The van der Waals surface area contributed by atoms with Crippen molar-refractivity contribution in [1.82, 2.24) is 4.90 Å².